The van der Waals surface area contributed by atoms with Crippen molar-refractivity contribution in [2.45, 2.75) is 44.4 Å². The van der Waals surface area contributed by atoms with Crippen LogP contribution in [0.3, 0.4) is 0 Å². The molecule has 3 heterocycles. The first-order valence-electron chi connectivity index (χ1n) is 12.2. The molecule has 2 aliphatic heterocycles. The largest absolute Gasteiger partial charge is 0.390 e. The molecule has 1 aromatic carbocycles. The maximum atomic E-state index is 12.6. The first-order valence-corrected chi connectivity index (χ1v) is 12.2. The van der Waals surface area contributed by atoms with Crippen molar-refractivity contribution in [1.29, 1.82) is 0 Å². The monoisotopic (exact) mass is 464 g/mol. The Morgan fingerprint density at radius 2 is 1.94 bits per heavy atom. The molecule has 0 spiro atoms. The third-order valence-electron chi connectivity index (χ3n) is 7.08. The Kier molecular flexibility index (Phi) is 6.73. The van der Waals surface area contributed by atoms with E-state index in [1.54, 1.807) is 6.07 Å². The minimum absolute atomic E-state index is 0.131. The molecule has 1 saturated carbocycles. The Labute approximate surface area is 199 Å². The number of hydrogen-bond donors (Lipinski definition) is 3. The van der Waals surface area contributed by atoms with Crippen LogP contribution in [0.25, 0.3) is 0 Å². The van der Waals surface area contributed by atoms with Crippen LogP contribution in [-0.2, 0) is 17.8 Å². The van der Waals surface area contributed by atoms with E-state index in [1.807, 2.05) is 11.0 Å². The summed E-state index contributed by atoms with van der Waals surface area (Å²) in [5.74, 6) is 0.702. The number of aliphatic hydroxyl groups excluding tert-OH is 1. The van der Waals surface area contributed by atoms with Crippen LogP contribution in [0.1, 0.15) is 40.9 Å². The molecule has 2 amide bonds. The van der Waals surface area contributed by atoms with E-state index in [-0.39, 0.29) is 36.0 Å². The summed E-state index contributed by atoms with van der Waals surface area (Å²) < 4.78 is 0. The lowest BCUT2D eigenvalue weighted by Gasteiger charge is -2.43. The first kappa shape index (κ1) is 22.7. The van der Waals surface area contributed by atoms with Crippen molar-refractivity contribution in [3.63, 3.8) is 0 Å². The van der Waals surface area contributed by atoms with Gasteiger partial charge in [0.2, 0.25) is 5.91 Å². The molecule has 1 saturated heterocycles. The van der Waals surface area contributed by atoms with Gasteiger partial charge in [-0.3, -0.25) is 14.5 Å². The summed E-state index contributed by atoms with van der Waals surface area (Å²) >= 11 is 0. The summed E-state index contributed by atoms with van der Waals surface area (Å²) in [7, 11) is 0. The van der Waals surface area contributed by atoms with E-state index in [4.69, 9.17) is 0 Å². The zero-order valence-corrected chi connectivity index (χ0v) is 19.3. The Hall–Kier alpha value is -3.04. The summed E-state index contributed by atoms with van der Waals surface area (Å²) in [6.07, 6.45) is 4.84. The summed E-state index contributed by atoms with van der Waals surface area (Å²) in [6, 6.07) is 10.1. The third kappa shape index (κ3) is 5.20. The molecule has 3 aliphatic rings. The van der Waals surface area contributed by atoms with E-state index >= 15 is 0 Å². The molecule has 0 bridgehead atoms. The highest BCUT2D eigenvalue weighted by Gasteiger charge is 2.36. The number of aliphatic hydroxyl groups is 1. The number of hydrogen-bond acceptors (Lipinski definition) is 7. The molecule has 2 aromatic rings. The zero-order valence-electron chi connectivity index (χ0n) is 19.3. The Balaban J connectivity index is 1.06. The minimum Gasteiger partial charge on any atom is -0.390 e. The summed E-state index contributed by atoms with van der Waals surface area (Å²) in [5, 5.41) is 16.5. The maximum Gasteiger partial charge on any atom is 0.270 e. The van der Waals surface area contributed by atoms with Crippen LogP contribution in [0.15, 0.2) is 36.7 Å². The fraction of sp³-hybridized carbons (Fsp3) is 0.520. The highest BCUT2D eigenvalue weighted by Crippen LogP contribution is 2.30. The molecule has 2 fully saturated rings. The molecule has 5 rings (SSSR count). The van der Waals surface area contributed by atoms with Crippen LogP contribution in [0.2, 0.25) is 0 Å². The average Bonchev–Trinajstić information content (AvgIpc) is 2.78. The fourth-order valence-electron chi connectivity index (χ4n) is 4.81. The fourth-order valence-corrected chi connectivity index (χ4v) is 4.81. The van der Waals surface area contributed by atoms with Gasteiger partial charge in [0.1, 0.15) is 17.8 Å². The number of nitrogens with one attached hydrogen (secondary N) is 2. The highest BCUT2D eigenvalue weighted by atomic mass is 16.3. The Morgan fingerprint density at radius 3 is 2.71 bits per heavy atom. The van der Waals surface area contributed by atoms with Crippen molar-refractivity contribution in [3.05, 3.63) is 53.5 Å². The predicted octanol–water partition coefficient (Wildman–Crippen LogP) is 1.05. The second-order valence-electron chi connectivity index (χ2n) is 9.62. The number of nitrogens with zero attached hydrogens (tertiary/aromatic N) is 4. The number of aromatic nitrogens is 2. The van der Waals surface area contributed by atoms with Crippen molar-refractivity contribution < 1.29 is 14.7 Å². The van der Waals surface area contributed by atoms with Gasteiger partial charge in [-0.2, -0.15) is 0 Å². The van der Waals surface area contributed by atoms with Gasteiger partial charge in [-0.15, -0.1) is 0 Å². The lowest BCUT2D eigenvalue weighted by molar-refractivity contribution is -0.142. The predicted molar refractivity (Wildman–Crippen MR) is 127 cm³/mol. The van der Waals surface area contributed by atoms with Gasteiger partial charge in [0.05, 0.1) is 12.1 Å². The van der Waals surface area contributed by atoms with Gasteiger partial charge in [0, 0.05) is 51.3 Å². The molecule has 1 aliphatic carbocycles. The zero-order chi connectivity index (χ0) is 23.5. The van der Waals surface area contributed by atoms with Gasteiger partial charge in [0.15, 0.2) is 0 Å². The molecule has 9 heteroatoms. The number of carbonyl (C=O) groups excluding carboxylic acids is 2. The number of benzene rings is 1. The standard InChI is InChI=1S/C25H32N6O3/c32-21(15-30-9-8-17-4-1-2-5-19(17)12-30)11-26-24(33)22-10-23(28-16-27-22)29-20-13-31(14-20)25(34)18-6-3-7-18/h1-2,4-5,10,16,18,20-21,32H,3,6-9,11-15H2,(H,26,33)(H,27,28,29)/t21-/m0/s1. The van der Waals surface area contributed by atoms with Gasteiger partial charge in [0.25, 0.3) is 5.91 Å². The van der Waals surface area contributed by atoms with Crippen molar-refractivity contribution in [2.75, 3.05) is 38.0 Å². The number of likely N-dealkylation sites (tertiary alicyclic amines) is 1. The van der Waals surface area contributed by atoms with E-state index in [0.717, 1.165) is 38.8 Å². The molecule has 0 radical (unpaired) electrons. The topological polar surface area (TPSA) is 111 Å². The van der Waals surface area contributed by atoms with Crippen molar-refractivity contribution in [2.24, 2.45) is 5.92 Å². The summed E-state index contributed by atoms with van der Waals surface area (Å²) in [5.41, 5.74) is 2.92. The molecule has 1 aromatic heterocycles. The van der Waals surface area contributed by atoms with Crippen LogP contribution in [-0.4, -0.2) is 81.6 Å². The van der Waals surface area contributed by atoms with Crippen LogP contribution in [0.4, 0.5) is 5.82 Å². The smallest absolute Gasteiger partial charge is 0.270 e. The van der Waals surface area contributed by atoms with E-state index in [2.05, 4.69) is 43.7 Å². The van der Waals surface area contributed by atoms with Crippen LogP contribution in [0.5, 0.6) is 0 Å². The maximum absolute atomic E-state index is 12.6. The number of carbonyl (C=O) groups is 2. The van der Waals surface area contributed by atoms with Crippen LogP contribution >= 0.6 is 0 Å². The molecule has 1 atom stereocenters. The molecular weight excluding hydrogens is 432 g/mol. The lowest BCUT2D eigenvalue weighted by Crippen LogP contribution is -2.59. The minimum atomic E-state index is -0.664. The van der Waals surface area contributed by atoms with E-state index in [1.165, 1.54) is 17.5 Å². The van der Waals surface area contributed by atoms with Gasteiger partial charge in [-0.25, -0.2) is 9.97 Å². The summed E-state index contributed by atoms with van der Waals surface area (Å²) in [6.45, 7) is 3.69. The molecular formula is C25H32N6O3. The van der Waals surface area contributed by atoms with Gasteiger partial charge < -0.3 is 20.6 Å². The lowest BCUT2D eigenvalue weighted by atomic mass is 9.83. The molecule has 0 unspecified atom stereocenters. The second-order valence-corrected chi connectivity index (χ2v) is 9.62. The summed E-state index contributed by atoms with van der Waals surface area (Å²) in [4.78, 5) is 37.2. The number of rotatable bonds is 8. The Bertz CT molecular complexity index is 1040. The van der Waals surface area contributed by atoms with Crippen molar-refractivity contribution in [1.82, 2.24) is 25.1 Å². The number of amides is 2. The normalized spacial score (nSPS) is 19.5. The van der Waals surface area contributed by atoms with E-state index < -0.39 is 6.10 Å². The van der Waals surface area contributed by atoms with Crippen molar-refractivity contribution in [3.8, 4) is 0 Å². The number of anilines is 1. The molecule has 9 nitrogen and oxygen atoms in total. The van der Waals surface area contributed by atoms with Gasteiger partial charge in [-0.1, -0.05) is 30.7 Å². The van der Waals surface area contributed by atoms with E-state index in [0.29, 0.717) is 25.5 Å². The Morgan fingerprint density at radius 1 is 1.15 bits per heavy atom. The van der Waals surface area contributed by atoms with Gasteiger partial charge >= 0.3 is 0 Å². The van der Waals surface area contributed by atoms with Crippen LogP contribution < -0.4 is 10.6 Å². The third-order valence-corrected chi connectivity index (χ3v) is 7.08. The molecule has 3 N–H and O–H groups in total. The van der Waals surface area contributed by atoms with Crippen molar-refractivity contribution >= 4 is 17.6 Å². The molecule has 180 valence electrons. The quantitative estimate of drug-likeness (QED) is 0.536. The second kappa shape index (κ2) is 10.1. The van der Waals surface area contributed by atoms with Gasteiger partial charge in [-0.05, 0) is 30.4 Å². The molecule has 34 heavy (non-hydrogen) atoms. The highest BCUT2D eigenvalue weighted by molar-refractivity contribution is 5.92. The van der Waals surface area contributed by atoms with E-state index in [9.17, 15) is 14.7 Å². The SMILES string of the molecule is O=C(NC[C@H](O)CN1CCc2ccccc2C1)c1cc(NC2CN(C(=O)C3CCC3)C2)ncn1. The number of β-amino-alcohol motifs (C(OH)–C–C–N with tert-alkyl or cyclic N) is 1. The van der Waals surface area contributed by atoms with Crippen LogP contribution in [0, 0.1) is 5.92 Å². The number of fused-ring (bicyclic) bond motifs is 1. The average molecular weight is 465 g/mol. The first-order chi connectivity index (χ1) is 16.5.